The number of anilines is 1. The van der Waals surface area contributed by atoms with E-state index in [0.29, 0.717) is 10.8 Å². The molecule has 2 rings (SSSR count). The third kappa shape index (κ3) is 2.67. The van der Waals surface area contributed by atoms with Crippen LogP contribution in [0, 0.1) is 10.1 Å². The quantitative estimate of drug-likeness (QED) is 0.680. The van der Waals surface area contributed by atoms with Crippen LogP contribution in [0.3, 0.4) is 0 Å². The number of hydrogen-bond acceptors (Lipinski definition) is 4. The molecule has 6 nitrogen and oxygen atoms in total. The van der Waals surface area contributed by atoms with Crippen LogP contribution in [0.15, 0.2) is 43.2 Å². The van der Waals surface area contributed by atoms with E-state index in [4.69, 9.17) is 11.6 Å². The maximum atomic E-state index is 10.5. The van der Waals surface area contributed by atoms with Gasteiger partial charge >= 0.3 is 5.69 Å². The monoisotopic (exact) mass is 264 g/mol. The lowest BCUT2D eigenvalue weighted by Crippen LogP contribution is -2.05. The minimum absolute atomic E-state index is 0.0935. The van der Waals surface area contributed by atoms with E-state index < -0.39 is 4.92 Å². The summed E-state index contributed by atoms with van der Waals surface area (Å²) < 4.78 is 1.29. The zero-order valence-corrected chi connectivity index (χ0v) is 9.96. The molecule has 92 valence electrons. The number of nitrogens with one attached hydrogen (secondary N) is 1. The van der Waals surface area contributed by atoms with E-state index in [-0.39, 0.29) is 5.69 Å². The molecule has 0 saturated heterocycles. The van der Waals surface area contributed by atoms with Crippen LogP contribution in [-0.2, 0) is 0 Å². The Morgan fingerprint density at radius 1 is 1.56 bits per heavy atom. The van der Waals surface area contributed by atoms with E-state index in [1.165, 1.54) is 10.9 Å². The van der Waals surface area contributed by atoms with E-state index in [1.54, 1.807) is 24.3 Å². The van der Waals surface area contributed by atoms with E-state index >= 15 is 0 Å². The molecule has 0 atom stereocenters. The van der Waals surface area contributed by atoms with Gasteiger partial charge in [-0.1, -0.05) is 24.2 Å². The van der Waals surface area contributed by atoms with Crippen LogP contribution in [0.1, 0.15) is 0 Å². The number of halogens is 1. The second kappa shape index (κ2) is 4.89. The molecule has 0 spiro atoms. The number of nitrogens with zero attached hydrogens (tertiary/aromatic N) is 3. The molecular weight excluding hydrogens is 256 g/mol. The molecule has 18 heavy (non-hydrogen) atoms. The molecule has 7 heteroatoms. The van der Waals surface area contributed by atoms with E-state index in [9.17, 15) is 10.1 Å². The van der Waals surface area contributed by atoms with Gasteiger partial charge in [-0.3, -0.25) is 10.1 Å². The minimum Gasteiger partial charge on any atom is -0.341 e. The molecular formula is C11H9ClN4O2. The lowest BCUT2D eigenvalue weighted by atomic mass is 10.3. The number of aromatic nitrogens is 2. The van der Waals surface area contributed by atoms with Crippen LogP contribution < -0.4 is 5.32 Å². The Hall–Kier alpha value is -2.34. The molecule has 1 aromatic carbocycles. The standard InChI is InChI=1S/C11H9ClN4O2/c1-8(14-10-4-2-3-9(12)5-10)15-7-11(6-13-15)16(17)18/h2-7,14H,1H2. The zero-order chi connectivity index (χ0) is 13.1. The first-order chi connectivity index (χ1) is 8.56. The molecule has 0 aliphatic rings. The van der Waals surface area contributed by atoms with Gasteiger partial charge in [0.1, 0.15) is 18.2 Å². The summed E-state index contributed by atoms with van der Waals surface area (Å²) in [5.41, 5.74) is 0.634. The van der Waals surface area contributed by atoms with Crippen molar-refractivity contribution in [3.05, 3.63) is 58.4 Å². The van der Waals surface area contributed by atoms with Crippen LogP contribution in [0.2, 0.25) is 5.02 Å². The molecule has 0 unspecified atom stereocenters. The molecule has 2 aromatic rings. The van der Waals surface area contributed by atoms with Gasteiger partial charge in [-0.2, -0.15) is 5.10 Å². The summed E-state index contributed by atoms with van der Waals surface area (Å²) >= 11 is 5.84. The van der Waals surface area contributed by atoms with Crippen molar-refractivity contribution < 1.29 is 4.92 Å². The Morgan fingerprint density at radius 2 is 2.33 bits per heavy atom. The topological polar surface area (TPSA) is 73.0 Å². The minimum atomic E-state index is -0.518. The summed E-state index contributed by atoms with van der Waals surface area (Å²) in [6, 6.07) is 7.04. The molecule has 1 N–H and O–H groups in total. The molecule has 1 heterocycles. The second-order valence-corrected chi connectivity index (χ2v) is 3.92. The van der Waals surface area contributed by atoms with Crippen LogP contribution in [0.4, 0.5) is 11.4 Å². The van der Waals surface area contributed by atoms with Crippen molar-refractivity contribution in [2.24, 2.45) is 0 Å². The molecule has 0 saturated carbocycles. The summed E-state index contributed by atoms with van der Waals surface area (Å²) in [6.45, 7) is 3.75. The van der Waals surface area contributed by atoms with E-state index in [2.05, 4.69) is 17.0 Å². The summed E-state index contributed by atoms with van der Waals surface area (Å²) in [4.78, 5) is 10.0. The normalized spacial score (nSPS) is 10.1. The number of hydrogen-bond donors (Lipinski definition) is 1. The Morgan fingerprint density at radius 3 is 2.94 bits per heavy atom. The van der Waals surface area contributed by atoms with Crippen molar-refractivity contribution in [2.45, 2.75) is 0 Å². The van der Waals surface area contributed by atoms with Gasteiger partial charge in [0.2, 0.25) is 0 Å². The number of benzene rings is 1. The van der Waals surface area contributed by atoms with Gasteiger partial charge in [-0.05, 0) is 18.2 Å². The van der Waals surface area contributed by atoms with Gasteiger partial charge in [-0.15, -0.1) is 0 Å². The Bertz CT molecular complexity index is 609. The first-order valence-electron chi connectivity index (χ1n) is 4.97. The van der Waals surface area contributed by atoms with Gasteiger partial charge in [0.15, 0.2) is 0 Å². The Labute approximate surface area is 108 Å². The third-order valence-electron chi connectivity index (χ3n) is 2.17. The summed E-state index contributed by atoms with van der Waals surface area (Å²) in [6.07, 6.45) is 2.44. The van der Waals surface area contributed by atoms with Crippen molar-refractivity contribution in [3.63, 3.8) is 0 Å². The predicted molar refractivity (Wildman–Crippen MR) is 69.3 cm³/mol. The van der Waals surface area contributed by atoms with Gasteiger partial charge in [0, 0.05) is 10.7 Å². The summed E-state index contributed by atoms with van der Waals surface area (Å²) in [5.74, 6) is 0.394. The highest BCUT2D eigenvalue weighted by atomic mass is 35.5. The average molecular weight is 265 g/mol. The highest BCUT2D eigenvalue weighted by molar-refractivity contribution is 6.30. The van der Waals surface area contributed by atoms with Gasteiger partial charge in [0.25, 0.3) is 0 Å². The van der Waals surface area contributed by atoms with Crippen LogP contribution >= 0.6 is 11.6 Å². The van der Waals surface area contributed by atoms with Crippen molar-refractivity contribution in [3.8, 4) is 0 Å². The van der Waals surface area contributed by atoms with Crippen molar-refractivity contribution >= 4 is 28.8 Å². The molecule has 1 aromatic heterocycles. The van der Waals surface area contributed by atoms with Crippen molar-refractivity contribution in [2.75, 3.05) is 5.32 Å². The molecule has 0 amide bonds. The van der Waals surface area contributed by atoms with Crippen LogP contribution in [0.25, 0.3) is 5.82 Å². The van der Waals surface area contributed by atoms with Gasteiger partial charge in [0.05, 0.1) is 4.92 Å². The smallest absolute Gasteiger partial charge is 0.307 e. The molecule has 0 fully saturated rings. The Balaban J connectivity index is 2.14. The summed E-state index contributed by atoms with van der Waals surface area (Å²) in [5, 5.41) is 17.9. The fourth-order valence-electron chi connectivity index (χ4n) is 1.35. The fourth-order valence-corrected chi connectivity index (χ4v) is 1.54. The molecule has 0 bridgehead atoms. The average Bonchev–Trinajstić information content (AvgIpc) is 2.78. The highest BCUT2D eigenvalue weighted by Gasteiger charge is 2.10. The molecule has 0 aliphatic carbocycles. The maximum Gasteiger partial charge on any atom is 0.307 e. The number of nitro groups is 1. The SMILES string of the molecule is C=C(Nc1cccc(Cl)c1)n1cc([N+](=O)[O-])cn1. The Kier molecular flexibility index (Phi) is 3.29. The first-order valence-corrected chi connectivity index (χ1v) is 5.35. The van der Waals surface area contributed by atoms with E-state index in [1.807, 2.05) is 0 Å². The van der Waals surface area contributed by atoms with Gasteiger partial charge < -0.3 is 5.32 Å². The molecule has 0 aliphatic heterocycles. The largest absolute Gasteiger partial charge is 0.341 e. The first kappa shape index (κ1) is 12.1. The van der Waals surface area contributed by atoms with Gasteiger partial charge in [-0.25, -0.2) is 4.68 Å². The third-order valence-corrected chi connectivity index (χ3v) is 2.40. The lowest BCUT2D eigenvalue weighted by molar-refractivity contribution is -0.384. The lowest BCUT2D eigenvalue weighted by Gasteiger charge is -2.08. The highest BCUT2D eigenvalue weighted by Crippen LogP contribution is 2.18. The summed E-state index contributed by atoms with van der Waals surface area (Å²) in [7, 11) is 0. The number of rotatable bonds is 4. The zero-order valence-electron chi connectivity index (χ0n) is 9.21. The van der Waals surface area contributed by atoms with Crippen LogP contribution in [0.5, 0.6) is 0 Å². The fraction of sp³-hybridized carbons (Fsp3) is 0. The second-order valence-electron chi connectivity index (χ2n) is 3.48. The van der Waals surface area contributed by atoms with Crippen molar-refractivity contribution in [1.82, 2.24) is 9.78 Å². The van der Waals surface area contributed by atoms with Crippen LogP contribution in [-0.4, -0.2) is 14.7 Å². The molecule has 0 radical (unpaired) electrons. The van der Waals surface area contributed by atoms with Crippen molar-refractivity contribution in [1.29, 1.82) is 0 Å². The van der Waals surface area contributed by atoms with E-state index in [0.717, 1.165) is 11.9 Å². The maximum absolute atomic E-state index is 10.5. The predicted octanol–water partition coefficient (Wildman–Crippen LogP) is 2.99.